The Hall–Kier alpha value is -3.50. The number of aromatic hydroxyl groups is 2. The summed E-state index contributed by atoms with van der Waals surface area (Å²) in [6, 6.07) is 1.54. The zero-order valence-corrected chi connectivity index (χ0v) is 21.3. The number of benzene rings is 1. The largest absolute Gasteiger partial charge is 0.504 e. The van der Waals surface area contributed by atoms with Gasteiger partial charge in [-0.3, -0.25) is 9.59 Å². The average Bonchev–Trinajstić information content (AvgIpc) is 2.69. The second kappa shape index (κ2) is 12.3. The number of carbonyl (C=O) groups excluding carboxylic acids is 4. The molecule has 11 nitrogen and oxygen atoms in total. The molecule has 0 saturated carbocycles. The molecule has 0 spiro atoms. The number of hydrogen-bond acceptors (Lipinski definition) is 9. The summed E-state index contributed by atoms with van der Waals surface area (Å²) in [6.45, 7) is 10.1. The van der Waals surface area contributed by atoms with Crippen molar-refractivity contribution in [2.75, 3.05) is 7.11 Å². The maximum Gasteiger partial charge on any atom is 0.408 e. The first-order valence-corrected chi connectivity index (χ1v) is 11.1. The third-order valence-corrected chi connectivity index (χ3v) is 4.35. The monoisotopic (exact) mass is 496 g/mol. The number of alkyl carbamates (subject to hydrolysis) is 1. The normalized spacial score (nSPS) is 13.2. The van der Waals surface area contributed by atoms with Crippen molar-refractivity contribution >= 4 is 23.9 Å². The van der Waals surface area contributed by atoms with Crippen molar-refractivity contribution in [3.63, 3.8) is 0 Å². The van der Waals surface area contributed by atoms with Gasteiger partial charge in [0.25, 0.3) is 0 Å². The van der Waals surface area contributed by atoms with E-state index in [9.17, 15) is 29.4 Å². The van der Waals surface area contributed by atoms with Gasteiger partial charge in [0.1, 0.15) is 23.3 Å². The molecule has 4 N–H and O–H groups in total. The van der Waals surface area contributed by atoms with Crippen LogP contribution in [0.15, 0.2) is 18.2 Å². The Kier molecular flexibility index (Phi) is 10.4. The van der Waals surface area contributed by atoms with Crippen LogP contribution in [0.25, 0.3) is 0 Å². The molecule has 1 rings (SSSR count). The Morgan fingerprint density at radius 3 is 2.00 bits per heavy atom. The lowest BCUT2D eigenvalue weighted by Gasteiger charge is -2.25. The lowest BCUT2D eigenvalue weighted by Crippen LogP contribution is -2.53. The molecule has 0 saturated heterocycles. The molecular formula is C24H36N2O9. The van der Waals surface area contributed by atoms with Crippen LogP contribution in [0.1, 0.15) is 59.9 Å². The van der Waals surface area contributed by atoms with Gasteiger partial charge in [0.2, 0.25) is 5.91 Å². The Labute approximate surface area is 205 Å². The van der Waals surface area contributed by atoms with Crippen LogP contribution in [0, 0.1) is 0 Å². The third-order valence-electron chi connectivity index (χ3n) is 4.35. The standard InChI is InChI=1S/C24H36N2O9/c1-23(2,3)34-19(29)11-9-15(21(31)33-7)25-20(30)16(26-22(32)35-24(4,5)6)12-14-8-10-17(27)18(28)13-14/h8,10,13,15-16,27-28H,9,11-12H2,1-7H3,(H,25,30)(H,26,32)/t15-,16-/m0/s1. The van der Waals surface area contributed by atoms with E-state index in [-0.39, 0.29) is 25.0 Å². The highest BCUT2D eigenvalue weighted by Crippen LogP contribution is 2.25. The molecule has 0 bridgehead atoms. The molecule has 0 aliphatic heterocycles. The summed E-state index contributed by atoms with van der Waals surface area (Å²) < 4.78 is 15.2. The number of carbonyl (C=O) groups is 4. The Morgan fingerprint density at radius 2 is 1.49 bits per heavy atom. The van der Waals surface area contributed by atoms with E-state index in [2.05, 4.69) is 10.6 Å². The molecule has 0 aliphatic carbocycles. The first-order chi connectivity index (χ1) is 16.0. The molecule has 0 aliphatic rings. The molecule has 0 fully saturated rings. The van der Waals surface area contributed by atoms with Gasteiger partial charge in [0.05, 0.1) is 7.11 Å². The van der Waals surface area contributed by atoms with Crippen molar-refractivity contribution in [2.24, 2.45) is 0 Å². The lowest BCUT2D eigenvalue weighted by atomic mass is 10.0. The van der Waals surface area contributed by atoms with E-state index >= 15 is 0 Å². The van der Waals surface area contributed by atoms with Crippen molar-refractivity contribution in [3.8, 4) is 11.5 Å². The minimum atomic E-state index is -1.22. The molecule has 0 radical (unpaired) electrons. The topological polar surface area (TPSA) is 160 Å². The third kappa shape index (κ3) is 11.5. The quantitative estimate of drug-likeness (QED) is 0.228. The molecule has 35 heavy (non-hydrogen) atoms. The van der Waals surface area contributed by atoms with Crippen LogP contribution in [-0.2, 0) is 35.0 Å². The fraction of sp³-hybridized carbons (Fsp3) is 0.583. The minimum absolute atomic E-state index is 0.0908. The summed E-state index contributed by atoms with van der Waals surface area (Å²) >= 11 is 0. The van der Waals surface area contributed by atoms with Gasteiger partial charge in [0, 0.05) is 12.8 Å². The van der Waals surface area contributed by atoms with Crippen molar-refractivity contribution in [3.05, 3.63) is 23.8 Å². The van der Waals surface area contributed by atoms with Crippen LogP contribution in [-0.4, -0.2) is 64.5 Å². The van der Waals surface area contributed by atoms with Crippen molar-refractivity contribution in [2.45, 2.75) is 84.1 Å². The van der Waals surface area contributed by atoms with E-state index in [1.807, 2.05) is 0 Å². The first-order valence-electron chi connectivity index (χ1n) is 11.1. The fourth-order valence-corrected chi connectivity index (χ4v) is 2.91. The van der Waals surface area contributed by atoms with Gasteiger partial charge in [-0.2, -0.15) is 0 Å². The van der Waals surface area contributed by atoms with Gasteiger partial charge in [-0.25, -0.2) is 9.59 Å². The van der Waals surface area contributed by atoms with Gasteiger partial charge >= 0.3 is 18.0 Å². The van der Waals surface area contributed by atoms with E-state index in [0.29, 0.717) is 5.56 Å². The highest BCUT2D eigenvalue weighted by Gasteiger charge is 2.30. The van der Waals surface area contributed by atoms with Crippen LogP contribution in [0.4, 0.5) is 4.79 Å². The van der Waals surface area contributed by atoms with Gasteiger partial charge in [-0.1, -0.05) is 6.07 Å². The molecule has 2 amide bonds. The second-order valence-electron chi connectivity index (χ2n) is 9.94. The highest BCUT2D eigenvalue weighted by atomic mass is 16.6. The molecule has 0 heterocycles. The summed E-state index contributed by atoms with van der Waals surface area (Å²) in [5.74, 6) is -2.82. The van der Waals surface area contributed by atoms with Crippen LogP contribution in [0.5, 0.6) is 11.5 Å². The number of methoxy groups -OCH3 is 1. The van der Waals surface area contributed by atoms with Gasteiger partial charge in [-0.05, 0) is 65.7 Å². The van der Waals surface area contributed by atoms with E-state index in [1.165, 1.54) is 18.2 Å². The van der Waals surface area contributed by atoms with Crippen LogP contribution in [0.2, 0.25) is 0 Å². The second-order valence-corrected chi connectivity index (χ2v) is 9.94. The van der Waals surface area contributed by atoms with E-state index < -0.39 is 53.0 Å². The summed E-state index contributed by atoms with van der Waals surface area (Å²) in [6.07, 6.45) is -1.22. The molecule has 0 unspecified atom stereocenters. The number of phenolic OH excluding ortho intramolecular Hbond substituents is 2. The SMILES string of the molecule is COC(=O)[C@H](CCC(=O)OC(C)(C)C)NC(=O)[C@H](Cc1ccc(O)c(O)c1)NC(=O)OC(C)(C)C. The predicted molar refractivity (Wildman–Crippen MR) is 126 cm³/mol. The summed E-state index contributed by atoms with van der Waals surface area (Å²) in [5, 5.41) is 24.3. The van der Waals surface area contributed by atoms with Crippen molar-refractivity contribution in [1.29, 1.82) is 0 Å². The van der Waals surface area contributed by atoms with Crippen LogP contribution >= 0.6 is 0 Å². The minimum Gasteiger partial charge on any atom is -0.504 e. The summed E-state index contributed by atoms with van der Waals surface area (Å²) in [4.78, 5) is 49.8. The smallest absolute Gasteiger partial charge is 0.408 e. The van der Waals surface area contributed by atoms with E-state index in [1.54, 1.807) is 41.5 Å². The first kappa shape index (κ1) is 29.5. The van der Waals surface area contributed by atoms with Crippen LogP contribution in [0.3, 0.4) is 0 Å². The molecule has 1 aromatic carbocycles. The number of rotatable bonds is 9. The van der Waals surface area contributed by atoms with Gasteiger partial charge in [0.15, 0.2) is 11.5 Å². The predicted octanol–water partition coefficient (Wildman–Crippen LogP) is 2.31. The van der Waals surface area contributed by atoms with Crippen LogP contribution < -0.4 is 10.6 Å². The summed E-state index contributed by atoms with van der Waals surface area (Å²) in [5.41, 5.74) is -1.12. The number of ether oxygens (including phenoxy) is 3. The fourth-order valence-electron chi connectivity index (χ4n) is 2.91. The van der Waals surface area contributed by atoms with Crippen molar-refractivity contribution in [1.82, 2.24) is 10.6 Å². The number of nitrogens with one attached hydrogen (secondary N) is 2. The molecule has 2 atom stereocenters. The average molecular weight is 497 g/mol. The maximum absolute atomic E-state index is 13.1. The number of phenols is 2. The Balaban J connectivity index is 3.05. The van der Waals surface area contributed by atoms with Gasteiger partial charge in [-0.15, -0.1) is 0 Å². The highest BCUT2D eigenvalue weighted by molar-refractivity contribution is 5.90. The van der Waals surface area contributed by atoms with E-state index in [4.69, 9.17) is 14.2 Å². The van der Waals surface area contributed by atoms with Gasteiger partial charge < -0.3 is 35.1 Å². The molecular weight excluding hydrogens is 460 g/mol. The molecule has 0 aromatic heterocycles. The molecule has 196 valence electrons. The zero-order chi connectivity index (χ0) is 27.0. The summed E-state index contributed by atoms with van der Waals surface area (Å²) in [7, 11) is 1.14. The number of hydrogen-bond donors (Lipinski definition) is 4. The maximum atomic E-state index is 13.1. The molecule has 11 heteroatoms. The number of amides is 2. The molecule has 1 aromatic rings. The lowest BCUT2D eigenvalue weighted by molar-refractivity contribution is -0.155. The zero-order valence-electron chi connectivity index (χ0n) is 21.3. The Morgan fingerprint density at radius 1 is 0.886 bits per heavy atom. The van der Waals surface area contributed by atoms with E-state index in [0.717, 1.165) is 7.11 Å². The Bertz CT molecular complexity index is 917. The van der Waals surface area contributed by atoms with Crippen molar-refractivity contribution < 1.29 is 43.6 Å². The number of esters is 2.